The molecule has 66 heavy (non-hydrogen) atoms. The average Bonchev–Trinajstić information content (AvgIpc) is 4.18. The van der Waals surface area contributed by atoms with Gasteiger partial charge in [0.1, 0.15) is 24.4 Å². The van der Waals surface area contributed by atoms with Crippen molar-refractivity contribution in [3.63, 3.8) is 0 Å². The topological polar surface area (TPSA) is 0 Å². The number of thiophene rings is 4. The number of unbranched alkanes of at least 4 members (excludes halogenated alkanes) is 3. The van der Waals surface area contributed by atoms with Crippen LogP contribution in [0.4, 0.5) is 0 Å². The second kappa shape index (κ2) is 21.4. The first-order chi connectivity index (χ1) is 32.3. The van der Waals surface area contributed by atoms with Gasteiger partial charge in [0.2, 0.25) is 0 Å². The monoisotopic (exact) mass is 993 g/mol. The molecule has 4 aliphatic carbocycles. The van der Waals surface area contributed by atoms with Gasteiger partial charge in [-0.3, -0.25) is 0 Å². The minimum Gasteiger partial charge on any atom is -0.135 e. The Kier molecular flexibility index (Phi) is 15.8. The van der Waals surface area contributed by atoms with E-state index in [0.717, 1.165) is 22.6 Å². The molecule has 4 heterocycles. The summed E-state index contributed by atoms with van der Waals surface area (Å²) in [6, 6.07) is 16.2. The lowest BCUT2D eigenvalue weighted by molar-refractivity contribution is 0.485. The Bertz CT molecular complexity index is 2520. The molecule has 0 aliphatic heterocycles. The Labute approximate surface area is 419 Å². The average molecular weight is 993 g/mol. The lowest BCUT2D eigenvalue weighted by Gasteiger charge is -2.46. The van der Waals surface area contributed by atoms with E-state index in [1.807, 2.05) is 9.24 Å². The van der Waals surface area contributed by atoms with E-state index in [9.17, 15) is 0 Å². The summed E-state index contributed by atoms with van der Waals surface area (Å²) in [6.45, 7) is 9.33. The third-order valence-electron chi connectivity index (χ3n) is 16.2. The molecule has 0 saturated heterocycles. The predicted octanol–water partition coefficient (Wildman–Crippen LogP) is 18.5. The molecular formula is C58H84B2P2S4. The van der Waals surface area contributed by atoms with Crippen molar-refractivity contribution in [1.82, 2.24) is 0 Å². The molecule has 0 spiro atoms. The zero-order valence-electron chi connectivity index (χ0n) is 40.1. The van der Waals surface area contributed by atoms with Gasteiger partial charge in [-0.25, -0.2) is 0 Å². The van der Waals surface area contributed by atoms with Gasteiger partial charge in [0.05, 0.1) is 0 Å². The van der Waals surface area contributed by atoms with E-state index in [2.05, 4.69) is 109 Å². The van der Waals surface area contributed by atoms with Crippen LogP contribution >= 0.6 is 59.6 Å². The van der Waals surface area contributed by atoms with Crippen molar-refractivity contribution in [3.8, 4) is 0 Å². The maximum absolute atomic E-state index is 2.93. The maximum atomic E-state index is 2.93. The molecule has 4 fully saturated rings. The lowest BCUT2D eigenvalue weighted by atomic mass is 9.92. The molecule has 0 unspecified atom stereocenters. The Balaban J connectivity index is 0.000000801. The fraction of sp³-hybridized carbons (Fsp3) is 0.621. The molecule has 0 radical (unpaired) electrons. The summed E-state index contributed by atoms with van der Waals surface area (Å²) in [7, 11) is -1.67. The summed E-state index contributed by atoms with van der Waals surface area (Å²) in [5, 5.41) is 9.98. The summed E-state index contributed by atoms with van der Waals surface area (Å²) in [6.07, 6.45) is 40.8. The van der Waals surface area contributed by atoms with Gasteiger partial charge >= 0.3 is 0 Å². The number of aryl methyl sites for hydroxylation is 2. The minimum atomic E-state index is -1.06. The van der Waals surface area contributed by atoms with E-state index in [-0.39, 0.29) is 15.1 Å². The van der Waals surface area contributed by atoms with E-state index in [4.69, 9.17) is 0 Å². The van der Waals surface area contributed by atoms with Crippen molar-refractivity contribution < 1.29 is 0 Å². The van der Waals surface area contributed by atoms with Crippen molar-refractivity contribution >= 4 is 145 Å². The molecule has 0 nitrogen and oxygen atoms in total. The van der Waals surface area contributed by atoms with E-state index in [1.54, 1.807) is 123 Å². The second-order valence-corrected chi connectivity index (χ2v) is 31.0. The minimum absolute atomic E-state index is 0.228. The molecule has 4 aliphatic rings. The van der Waals surface area contributed by atoms with E-state index >= 15 is 0 Å². The van der Waals surface area contributed by atoms with Crippen molar-refractivity contribution in [2.45, 2.75) is 230 Å². The highest BCUT2D eigenvalue weighted by Crippen LogP contribution is 2.71. The molecule has 0 amide bonds. The number of benzene rings is 3. The molecule has 8 heteroatoms. The first kappa shape index (κ1) is 48.6. The SMILES string of the molecule is CCCCCC.[BH3-][P+](c1cc2c(ccc3sc4c(CCC)c(CCC)c5sc6ccc7sc([P+]([BH3-])(C8CCCCC8)C8CCCCC8)cc7c6c5c4c32)s1)(C1CCCCC1)C1CCCCC1. The van der Waals surface area contributed by atoms with Crippen molar-refractivity contribution in [3.05, 3.63) is 47.5 Å². The van der Waals surface area contributed by atoms with Crippen LogP contribution in [-0.2, 0) is 12.8 Å². The molecule has 0 atom stereocenters. The van der Waals surface area contributed by atoms with E-state index in [0.29, 0.717) is 0 Å². The van der Waals surface area contributed by atoms with Gasteiger partial charge in [-0.15, -0.1) is 59.6 Å². The predicted molar refractivity (Wildman–Crippen MR) is 321 cm³/mol. The van der Waals surface area contributed by atoms with Crippen molar-refractivity contribution in [2.24, 2.45) is 0 Å². The Morgan fingerprint density at radius 2 is 0.727 bits per heavy atom. The van der Waals surface area contributed by atoms with Gasteiger partial charge < -0.3 is 0 Å². The first-order valence-corrected chi connectivity index (χ1v) is 33.1. The zero-order valence-corrected chi connectivity index (χ0v) is 45.2. The van der Waals surface area contributed by atoms with Crippen LogP contribution in [0.1, 0.15) is 206 Å². The van der Waals surface area contributed by atoms with Gasteiger partial charge in [-0.1, -0.05) is 91.9 Å². The molecule has 0 bridgehead atoms. The van der Waals surface area contributed by atoms with Gasteiger partial charge in [0.15, 0.2) is 0 Å². The van der Waals surface area contributed by atoms with Gasteiger partial charge in [-0.2, -0.15) is 0 Å². The number of fused-ring (bicyclic) bond motifs is 11. The summed E-state index contributed by atoms with van der Waals surface area (Å²) < 4.78 is 13.6. The molecule has 0 N–H and O–H groups in total. The quantitative estimate of drug-likeness (QED) is 0.0614. The maximum Gasteiger partial charge on any atom is 0.134 e. The van der Waals surface area contributed by atoms with Crippen LogP contribution in [-0.4, -0.2) is 37.8 Å². The van der Waals surface area contributed by atoms with Crippen LogP contribution in [0.5, 0.6) is 0 Å². The second-order valence-electron chi connectivity index (χ2n) is 20.6. The summed E-state index contributed by atoms with van der Waals surface area (Å²) in [4.78, 5) is 0. The number of hydrogen-bond donors (Lipinski definition) is 0. The summed E-state index contributed by atoms with van der Waals surface area (Å²) >= 11 is 9.02. The Morgan fingerprint density at radius 1 is 0.409 bits per heavy atom. The highest BCUT2D eigenvalue weighted by atomic mass is 32.1. The standard InChI is InChI=1S/C52H70B2P2S4.C6H14/c1-3-17-37-38(18-4-2)52-50(48-40-32-46(58-42(40)28-30-44(48)60-52)56(54,35-23-13-7-14-24-35)36-25-15-8-16-26-36)49-47-39-31-45(57-41(39)27-29-43(47)59-51(37)49)55(53,33-19-9-5-10-20-33)34-21-11-6-12-22-34;1-3-5-6-4-2/h27-36H,3-26H2,1-2,53-54H3;3-6H2,1-2H3. The van der Waals surface area contributed by atoms with E-state index in [1.165, 1.54) is 128 Å². The molecule has 11 rings (SSSR count). The fourth-order valence-electron chi connectivity index (χ4n) is 13.1. The zero-order chi connectivity index (χ0) is 45.4. The molecule has 3 aromatic carbocycles. The van der Waals surface area contributed by atoms with Gasteiger partial charge in [0.25, 0.3) is 0 Å². The summed E-state index contributed by atoms with van der Waals surface area (Å²) in [5.41, 5.74) is 7.65. The Hall–Kier alpha value is -0.990. The highest BCUT2D eigenvalue weighted by Gasteiger charge is 2.47. The van der Waals surface area contributed by atoms with Crippen LogP contribution in [0, 0.1) is 0 Å². The molecule has 4 aromatic heterocycles. The van der Waals surface area contributed by atoms with Crippen LogP contribution in [0.15, 0.2) is 36.4 Å². The third kappa shape index (κ3) is 8.79. The molecule has 7 aromatic rings. The van der Waals surface area contributed by atoms with E-state index < -0.39 is 14.3 Å². The normalized spacial score (nSPS) is 19.3. The van der Waals surface area contributed by atoms with Crippen molar-refractivity contribution in [1.29, 1.82) is 0 Å². The smallest absolute Gasteiger partial charge is 0.134 e. The molecule has 356 valence electrons. The molecule has 4 saturated carbocycles. The summed E-state index contributed by atoms with van der Waals surface area (Å²) in [5.74, 6) is 0. The number of rotatable bonds is 13. The van der Waals surface area contributed by atoms with Crippen molar-refractivity contribution in [2.75, 3.05) is 0 Å². The highest BCUT2D eigenvalue weighted by molar-refractivity contribution is 8.07. The largest absolute Gasteiger partial charge is 0.135 e. The fourth-order valence-corrected chi connectivity index (χ4v) is 27.5. The van der Waals surface area contributed by atoms with Crippen LogP contribution in [0.2, 0.25) is 0 Å². The first-order valence-electron chi connectivity index (χ1n) is 26.9. The molecular weight excluding hydrogens is 908 g/mol. The van der Waals surface area contributed by atoms with Crippen LogP contribution < -0.4 is 9.24 Å². The van der Waals surface area contributed by atoms with Crippen LogP contribution in [0.25, 0.3) is 60.5 Å². The Morgan fingerprint density at radius 3 is 1.03 bits per heavy atom. The number of hydrogen-bond acceptors (Lipinski definition) is 4. The third-order valence-corrected chi connectivity index (χ3v) is 28.7. The van der Waals surface area contributed by atoms with Gasteiger partial charge in [-0.05, 0) is 163 Å². The van der Waals surface area contributed by atoms with Gasteiger partial charge in [0, 0.05) is 83.2 Å². The van der Waals surface area contributed by atoms with Crippen LogP contribution in [0.3, 0.4) is 0 Å². The lowest BCUT2D eigenvalue weighted by Crippen LogP contribution is -2.33.